The normalized spacial score (nSPS) is 11.9. The Morgan fingerprint density at radius 1 is 0.488 bits per heavy atom. The lowest BCUT2D eigenvalue weighted by Crippen LogP contribution is -2.08. The zero-order valence-corrected chi connectivity index (χ0v) is 21.9. The first kappa shape index (κ1) is 22.1. The van der Waals surface area contributed by atoms with Crippen molar-refractivity contribution in [2.24, 2.45) is 0 Å². The molecule has 0 atom stereocenters. The summed E-state index contributed by atoms with van der Waals surface area (Å²) in [5.74, 6) is 1.85. The third kappa shape index (κ3) is 3.16. The highest BCUT2D eigenvalue weighted by Crippen LogP contribution is 2.37. The van der Waals surface area contributed by atoms with Crippen LogP contribution in [-0.4, -0.2) is 28.3 Å². The summed E-state index contributed by atoms with van der Waals surface area (Å²) >= 11 is 0. The number of para-hydroxylation sites is 2. The molecule has 0 N–H and O–H groups in total. The molecular weight excluding hydrogens is 504 g/mol. The molecule has 192 valence electrons. The van der Waals surface area contributed by atoms with Crippen LogP contribution in [0.25, 0.3) is 72.7 Å². The molecule has 9 aromatic rings. The Kier molecular flexibility index (Phi) is 4.51. The van der Waals surface area contributed by atoms with Gasteiger partial charge in [0.1, 0.15) is 5.65 Å². The Bertz CT molecular complexity index is 2360. The highest BCUT2D eigenvalue weighted by molar-refractivity contribution is 6.11. The Morgan fingerprint density at radius 2 is 1.10 bits per heavy atom. The molecule has 0 bridgehead atoms. The fraction of sp³-hybridized carbons (Fsp3) is 0. The maximum atomic E-state index is 5.11. The average molecular weight is 527 g/mol. The molecule has 0 radical (unpaired) electrons. The number of nitrogens with zero attached hydrogens (tertiary/aromatic N) is 6. The minimum Gasteiger partial charge on any atom is -0.304 e. The lowest BCUT2D eigenvalue weighted by molar-refractivity contribution is 0.936. The van der Waals surface area contributed by atoms with Gasteiger partial charge in [-0.2, -0.15) is 9.97 Å². The molecule has 6 heteroatoms. The maximum Gasteiger partial charge on any atom is 0.240 e. The van der Waals surface area contributed by atoms with Gasteiger partial charge in [-0.25, -0.2) is 4.98 Å². The van der Waals surface area contributed by atoms with Crippen molar-refractivity contribution in [2.45, 2.75) is 0 Å². The van der Waals surface area contributed by atoms with Crippen molar-refractivity contribution in [3.63, 3.8) is 0 Å². The van der Waals surface area contributed by atoms with Crippen LogP contribution in [0.1, 0.15) is 0 Å². The third-order valence-corrected chi connectivity index (χ3v) is 7.89. The van der Waals surface area contributed by atoms with Crippen molar-refractivity contribution in [1.82, 2.24) is 28.3 Å². The molecule has 0 amide bonds. The summed E-state index contributed by atoms with van der Waals surface area (Å²) in [6.45, 7) is 0. The van der Waals surface area contributed by atoms with E-state index in [9.17, 15) is 0 Å². The third-order valence-electron chi connectivity index (χ3n) is 7.89. The molecule has 0 spiro atoms. The van der Waals surface area contributed by atoms with Gasteiger partial charge < -0.3 is 4.40 Å². The first-order valence-corrected chi connectivity index (χ1v) is 13.6. The molecular formula is C35H22N6. The van der Waals surface area contributed by atoms with E-state index in [1.807, 2.05) is 60.7 Å². The molecule has 0 aliphatic rings. The zero-order valence-electron chi connectivity index (χ0n) is 21.9. The lowest BCUT2D eigenvalue weighted by Gasteiger charge is -2.12. The highest BCUT2D eigenvalue weighted by Gasteiger charge is 2.23. The van der Waals surface area contributed by atoms with Crippen LogP contribution < -0.4 is 0 Å². The van der Waals surface area contributed by atoms with Gasteiger partial charge >= 0.3 is 0 Å². The van der Waals surface area contributed by atoms with E-state index >= 15 is 0 Å². The van der Waals surface area contributed by atoms with Gasteiger partial charge in [-0.05, 0) is 30.3 Å². The van der Waals surface area contributed by atoms with Crippen LogP contribution >= 0.6 is 0 Å². The van der Waals surface area contributed by atoms with Crippen LogP contribution in [0.15, 0.2) is 134 Å². The van der Waals surface area contributed by atoms with Gasteiger partial charge in [-0.15, -0.1) is 0 Å². The van der Waals surface area contributed by atoms with Crippen LogP contribution in [-0.2, 0) is 0 Å². The van der Waals surface area contributed by atoms with Gasteiger partial charge in [-0.3, -0.25) is 8.97 Å². The molecule has 5 aromatic heterocycles. The van der Waals surface area contributed by atoms with Gasteiger partial charge in [0.25, 0.3) is 0 Å². The number of fused-ring (bicyclic) bond motifs is 10. The first-order valence-electron chi connectivity index (χ1n) is 13.6. The van der Waals surface area contributed by atoms with Crippen molar-refractivity contribution >= 4 is 44.0 Å². The van der Waals surface area contributed by atoms with E-state index in [0.29, 0.717) is 17.6 Å². The molecule has 4 aromatic carbocycles. The fourth-order valence-corrected chi connectivity index (χ4v) is 6.11. The van der Waals surface area contributed by atoms with Crippen molar-refractivity contribution in [2.75, 3.05) is 0 Å². The summed E-state index contributed by atoms with van der Waals surface area (Å²) in [5.41, 5.74) is 8.50. The summed E-state index contributed by atoms with van der Waals surface area (Å²) in [7, 11) is 0. The van der Waals surface area contributed by atoms with E-state index < -0.39 is 0 Å². The van der Waals surface area contributed by atoms with Gasteiger partial charge in [0.05, 0.1) is 27.6 Å². The molecule has 0 aliphatic carbocycles. The monoisotopic (exact) mass is 526 g/mol. The van der Waals surface area contributed by atoms with Gasteiger partial charge in [0, 0.05) is 28.1 Å². The van der Waals surface area contributed by atoms with E-state index in [1.165, 1.54) is 10.9 Å². The number of benzene rings is 4. The Labute approximate surface area is 234 Å². The minimum absolute atomic E-state index is 0.578. The minimum atomic E-state index is 0.578. The largest absolute Gasteiger partial charge is 0.304 e. The molecule has 0 saturated heterocycles. The molecule has 9 rings (SSSR count). The predicted octanol–water partition coefficient (Wildman–Crippen LogP) is 7.96. The quantitative estimate of drug-likeness (QED) is 0.235. The van der Waals surface area contributed by atoms with Crippen LogP contribution in [0.3, 0.4) is 0 Å². The van der Waals surface area contributed by atoms with Crippen LogP contribution in [0.5, 0.6) is 0 Å². The first-order chi connectivity index (χ1) is 20.3. The fourth-order valence-electron chi connectivity index (χ4n) is 6.11. The van der Waals surface area contributed by atoms with Crippen LogP contribution in [0, 0.1) is 0 Å². The SMILES string of the molecule is c1ccc(-c2nc(-c3ccccc3)nc(-n3c4ccccc4c4c3n3cccc3c3cc5ccccc5n34)n2)cc1. The Balaban J connectivity index is 1.49. The lowest BCUT2D eigenvalue weighted by atomic mass is 10.2. The van der Waals surface area contributed by atoms with Crippen molar-refractivity contribution < 1.29 is 0 Å². The number of hydrogen-bond donors (Lipinski definition) is 0. The molecule has 6 nitrogen and oxygen atoms in total. The van der Waals surface area contributed by atoms with Gasteiger partial charge in [0.15, 0.2) is 11.6 Å². The molecule has 0 fully saturated rings. The van der Waals surface area contributed by atoms with E-state index in [0.717, 1.165) is 44.2 Å². The average Bonchev–Trinajstić information content (AvgIpc) is 3.76. The van der Waals surface area contributed by atoms with Crippen molar-refractivity contribution in [1.29, 1.82) is 0 Å². The Hall–Kier alpha value is -5.75. The maximum absolute atomic E-state index is 5.11. The second-order valence-electron chi connectivity index (χ2n) is 10.2. The summed E-state index contributed by atoms with van der Waals surface area (Å²) in [6, 6.07) is 43.9. The van der Waals surface area contributed by atoms with E-state index in [4.69, 9.17) is 15.0 Å². The molecule has 41 heavy (non-hydrogen) atoms. The van der Waals surface area contributed by atoms with E-state index in [2.05, 4.69) is 86.3 Å². The van der Waals surface area contributed by atoms with Crippen molar-refractivity contribution in [3.05, 3.63) is 134 Å². The molecule has 0 unspecified atom stereocenters. The predicted molar refractivity (Wildman–Crippen MR) is 164 cm³/mol. The molecule has 5 heterocycles. The summed E-state index contributed by atoms with van der Waals surface area (Å²) in [4.78, 5) is 15.2. The number of aromatic nitrogens is 6. The topological polar surface area (TPSA) is 52.4 Å². The van der Waals surface area contributed by atoms with E-state index in [-0.39, 0.29) is 0 Å². The highest BCUT2D eigenvalue weighted by atomic mass is 15.2. The summed E-state index contributed by atoms with van der Waals surface area (Å²) < 4.78 is 6.83. The summed E-state index contributed by atoms with van der Waals surface area (Å²) in [5, 5.41) is 2.34. The van der Waals surface area contributed by atoms with Gasteiger partial charge in [-0.1, -0.05) is 97.1 Å². The summed E-state index contributed by atoms with van der Waals surface area (Å²) in [6.07, 6.45) is 2.13. The van der Waals surface area contributed by atoms with Crippen LogP contribution in [0.2, 0.25) is 0 Å². The smallest absolute Gasteiger partial charge is 0.240 e. The molecule has 0 saturated carbocycles. The zero-order chi connectivity index (χ0) is 26.9. The van der Waals surface area contributed by atoms with Crippen LogP contribution in [0.4, 0.5) is 0 Å². The Morgan fingerprint density at radius 3 is 1.83 bits per heavy atom. The number of hydrogen-bond acceptors (Lipinski definition) is 3. The standard InChI is InChI=1S/C35H22N6/c1-3-12-23(13-4-1)32-36-33(24-14-5-2-6-15-24)38-35(37-32)41-28-19-10-8-17-26(28)31-34(41)39-21-11-20-29(39)30-22-25-16-7-9-18-27(25)40(30)31/h1-22H. The van der Waals surface area contributed by atoms with Gasteiger partial charge in [0.2, 0.25) is 5.95 Å². The van der Waals surface area contributed by atoms with E-state index in [1.54, 1.807) is 0 Å². The second-order valence-corrected chi connectivity index (χ2v) is 10.2. The molecule has 0 aliphatic heterocycles. The number of rotatable bonds is 3. The second kappa shape index (κ2) is 8.37. The van der Waals surface area contributed by atoms with Crippen molar-refractivity contribution in [3.8, 4) is 28.7 Å².